The Hall–Kier alpha value is 1.96. The number of hydrogen-bond acceptors (Lipinski definition) is 1. The van der Waals surface area contributed by atoms with Gasteiger partial charge in [0.15, 0.2) is 0 Å². The predicted molar refractivity (Wildman–Crippen MR) is 60.9 cm³/mol. The third-order valence-corrected chi connectivity index (χ3v) is 2.56. The minimum absolute atomic E-state index is 0. The summed E-state index contributed by atoms with van der Waals surface area (Å²) in [4.78, 5) is 0. The molecule has 3 heteroatoms. The molecule has 0 saturated heterocycles. The maximum Gasteiger partial charge on any atom is 1.00 e. The van der Waals surface area contributed by atoms with Gasteiger partial charge in [-0.15, -0.1) is 0 Å². The molecule has 0 rings (SSSR count). The molecule has 0 spiro atoms. The molecule has 0 atom stereocenters. The Morgan fingerprint density at radius 3 is 1.27 bits per heavy atom. The zero-order valence-corrected chi connectivity index (χ0v) is 15.4. The van der Waals surface area contributed by atoms with E-state index in [1.54, 1.807) is 0 Å². The Morgan fingerprint density at radius 1 is 0.600 bits per heavy atom. The Morgan fingerprint density at radius 2 is 0.933 bits per heavy atom. The van der Waals surface area contributed by atoms with Crippen LogP contribution in [0.25, 0.3) is 0 Å². The summed E-state index contributed by atoms with van der Waals surface area (Å²) >= 11 is 0. The van der Waals surface area contributed by atoms with Crippen LogP contribution in [-0.2, 0) is 0 Å². The molecule has 80 valence electrons. The van der Waals surface area contributed by atoms with E-state index in [2.05, 4.69) is 6.92 Å². The van der Waals surface area contributed by atoms with Crippen molar-refractivity contribution in [3.63, 3.8) is 0 Å². The van der Waals surface area contributed by atoms with Gasteiger partial charge in [-0.2, -0.15) is 0 Å². The van der Waals surface area contributed by atoms with Crippen molar-refractivity contribution < 1.29 is 59.1 Å². The normalized spacial score (nSPS) is 9.20. The fraction of sp³-hybridized carbons (Fsp3) is 1.00. The summed E-state index contributed by atoms with van der Waals surface area (Å²) in [6.07, 6.45) is 13.9. The first-order valence-corrected chi connectivity index (χ1v) is 6.12. The molecule has 0 amide bonds. The van der Waals surface area contributed by atoms with Gasteiger partial charge in [0.1, 0.15) is 0 Å². The average Bonchev–Trinajstić information content (AvgIpc) is 2.16. The topological polar surface area (TPSA) is 26.0 Å². The van der Waals surface area contributed by atoms with Crippen LogP contribution in [0.5, 0.6) is 0 Å². The van der Waals surface area contributed by atoms with Gasteiger partial charge >= 0.3 is 59.1 Å². The number of hydrogen-bond donors (Lipinski definition) is 1. The summed E-state index contributed by atoms with van der Waals surface area (Å²) in [6.45, 7) is 3.14. The van der Waals surface area contributed by atoms with Crippen LogP contribution in [0.3, 0.4) is 0 Å². The van der Waals surface area contributed by atoms with E-state index in [1.807, 2.05) is 0 Å². The minimum atomic E-state index is 0. The molecular weight excluding hydrogens is 204 g/mol. The number of rotatable bonds is 10. The molecule has 0 heterocycles. The first-order chi connectivity index (χ1) is 6.41. The van der Waals surface area contributed by atoms with Gasteiger partial charge in [0, 0.05) is 0 Å². The Labute approximate surface area is 141 Å². The molecule has 0 aliphatic carbocycles. The van der Waals surface area contributed by atoms with Crippen molar-refractivity contribution in [1.82, 2.24) is 0 Å². The Balaban J connectivity index is -0.000000720. The molecule has 0 radical (unpaired) electrons. The van der Waals surface area contributed by atoms with E-state index >= 15 is 0 Å². The molecule has 0 aliphatic heterocycles. The monoisotopic (exact) mass is 231 g/mol. The molecular formula is C12H27NNa2+2. The van der Waals surface area contributed by atoms with E-state index in [1.165, 1.54) is 64.2 Å². The van der Waals surface area contributed by atoms with Gasteiger partial charge in [0.2, 0.25) is 0 Å². The first kappa shape index (κ1) is 22.2. The third kappa shape index (κ3) is 21.7. The van der Waals surface area contributed by atoms with Crippen LogP contribution in [0.15, 0.2) is 0 Å². The molecule has 0 unspecified atom stereocenters. The van der Waals surface area contributed by atoms with Gasteiger partial charge in [0.25, 0.3) is 0 Å². The second-order valence-corrected chi connectivity index (χ2v) is 3.97. The van der Waals surface area contributed by atoms with Crippen molar-refractivity contribution in [1.29, 1.82) is 0 Å². The van der Waals surface area contributed by atoms with Crippen LogP contribution in [0, 0.1) is 0 Å². The van der Waals surface area contributed by atoms with Crippen LogP contribution in [-0.4, -0.2) is 6.54 Å². The summed E-state index contributed by atoms with van der Waals surface area (Å²) in [5.74, 6) is 0. The fourth-order valence-electron chi connectivity index (χ4n) is 1.63. The van der Waals surface area contributed by atoms with Crippen LogP contribution < -0.4 is 64.8 Å². The van der Waals surface area contributed by atoms with E-state index in [-0.39, 0.29) is 59.1 Å². The van der Waals surface area contributed by atoms with Gasteiger partial charge in [0.05, 0.1) is 0 Å². The molecule has 0 aromatic carbocycles. The van der Waals surface area contributed by atoms with Gasteiger partial charge in [-0.1, -0.05) is 64.7 Å². The largest absolute Gasteiger partial charge is 1.00 e. The summed E-state index contributed by atoms with van der Waals surface area (Å²) in [5, 5.41) is 0. The van der Waals surface area contributed by atoms with Crippen LogP contribution >= 0.6 is 0 Å². The van der Waals surface area contributed by atoms with Crippen molar-refractivity contribution >= 4 is 0 Å². The van der Waals surface area contributed by atoms with E-state index in [9.17, 15) is 0 Å². The predicted octanol–water partition coefficient (Wildman–Crippen LogP) is -2.13. The molecule has 0 saturated carbocycles. The zero-order valence-electron chi connectivity index (χ0n) is 11.4. The van der Waals surface area contributed by atoms with Crippen molar-refractivity contribution in [2.24, 2.45) is 5.73 Å². The van der Waals surface area contributed by atoms with Gasteiger partial charge in [-0.05, 0) is 13.0 Å². The van der Waals surface area contributed by atoms with Gasteiger partial charge in [-0.25, -0.2) is 0 Å². The Bertz CT molecular complexity index is 79.7. The maximum atomic E-state index is 5.42. The quantitative estimate of drug-likeness (QED) is 0.337. The van der Waals surface area contributed by atoms with Crippen LogP contribution in [0.1, 0.15) is 71.1 Å². The maximum absolute atomic E-state index is 5.42. The SMILES string of the molecule is CCCCCCCCCCCCN.[Na+].[Na+]. The second kappa shape index (κ2) is 21.3. The van der Waals surface area contributed by atoms with E-state index < -0.39 is 0 Å². The smallest absolute Gasteiger partial charge is 0.330 e. The summed E-state index contributed by atoms with van der Waals surface area (Å²) in [7, 11) is 0. The van der Waals surface area contributed by atoms with Crippen molar-refractivity contribution in [2.75, 3.05) is 6.54 Å². The van der Waals surface area contributed by atoms with Gasteiger partial charge in [-0.3, -0.25) is 0 Å². The molecule has 15 heavy (non-hydrogen) atoms. The molecule has 1 nitrogen and oxygen atoms in total. The summed E-state index contributed by atoms with van der Waals surface area (Å²) < 4.78 is 0. The molecule has 0 fully saturated rings. The van der Waals surface area contributed by atoms with Crippen molar-refractivity contribution in [3.05, 3.63) is 0 Å². The van der Waals surface area contributed by atoms with E-state index in [0.717, 1.165) is 6.54 Å². The van der Waals surface area contributed by atoms with E-state index in [0.29, 0.717) is 0 Å². The third-order valence-electron chi connectivity index (χ3n) is 2.56. The zero-order chi connectivity index (χ0) is 9.78. The molecule has 0 aromatic rings. The second-order valence-electron chi connectivity index (χ2n) is 3.97. The molecule has 0 bridgehead atoms. The summed E-state index contributed by atoms with van der Waals surface area (Å²) in [6, 6.07) is 0. The average molecular weight is 231 g/mol. The standard InChI is InChI=1S/C12H27N.2Na/c1-2-3-4-5-6-7-8-9-10-11-12-13;;/h2-13H2,1H3;;/q;2*+1. The van der Waals surface area contributed by atoms with Crippen LogP contribution in [0.2, 0.25) is 0 Å². The van der Waals surface area contributed by atoms with Crippen LogP contribution in [0.4, 0.5) is 0 Å². The molecule has 2 N–H and O–H groups in total. The Kier molecular flexibility index (Phi) is 31.4. The molecule has 0 aromatic heterocycles. The summed E-state index contributed by atoms with van der Waals surface area (Å²) in [5.41, 5.74) is 5.42. The van der Waals surface area contributed by atoms with Crippen molar-refractivity contribution in [3.8, 4) is 0 Å². The number of nitrogens with two attached hydrogens (primary N) is 1. The van der Waals surface area contributed by atoms with Crippen molar-refractivity contribution in [2.45, 2.75) is 71.1 Å². The first-order valence-electron chi connectivity index (χ1n) is 6.12. The van der Waals surface area contributed by atoms with E-state index in [4.69, 9.17) is 5.73 Å². The number of unbranched alkanes of at least 4 members (excludes halogenated alkanes) is 9. The molecule has 0 aliphatic rings. The minimum Gasteiger partial charge on any atom is -0.330 e. The van der Waals surface area contributed by atoms with Gasteiger partial charge < -0.3 is 5.73 Å². The fourth-order valence-corrected chi connectivity index (χ4v) is 1.63.